The van der Waals surface area contributed by atoms with Crippen molar-refractivity contribution in [2.24, 2.45) is 0 Å². The first-order valence-corrected chi connectivity index (χ1v) is 10.3. The predicted octanol–water partition coefficient (Wildman–Crippen LogP) is 1.65. The Morgan fingerprint density at radius 3 is 2.38 bits per heavy atom. The van der Waals surface area contributed by atoms with Crippen molar-refractivity contribution in [1.82, 2.24) is 24.5 Å². The van der Waals surface area contributed by atoms with Crippen LogP contribution < -0.4 is 0 Å². The van der Waals surface area contributed by atoms with Gasteiger partial charge in [0.15, 0.2) is 0 Å². The fourth-order valence-electron chi connectivity index (χ4n) is 3.80. The van der Waals surface area contributed by atoms with Gasteiger partial charge in [0.1, 0.15) is 0 Å². The van der Waals surface area contributed by atoms with Crippen molar-refractivity contribution >= 4 is 17.9 Å². The van der Waals surface area contributed by atoms with Gasteiger partial charge in [0, 0.05) is 57.1 Å². The van der Waals surface area contributed by atoms with E-state index in [9.17, 15) is 9.59 Å². The second-order valence-electron chi connectivity index (χ2n) is 7.58. The highest BCUT2D eigenvalue weighted by Crippen LogP contribution is 2.11. The van der Waals surface area contributed by atoms with Gasteiger partial charge in [0.2, 0.25) is 11.8 Å². The molecule has 7 nitrogen and oxygen atoms in total. The number of aromatic nitrogens is 2. The van der Waals surface area contributed by atoms with Crippen molar-refractivity contribution in [3.63, 3.8) is 0 Å². The summed E-state index contributed by atoms with van der Waals surface area (Å²) in [6.45, 7) is 5.04. The zero-order valence-corrected chi connectivity index (χ0v) is 16.6. The lowest BCUT2D eigenvalue weighted by Gasteiger charge is -2.34. The van der Waals surface area contributed by atoms with Crippen molar-refractivity contribution < 1.29 is 9.59 Å². The number of carbonyl (C=O) groups is 2. The van der Waals surface area contributed by atoms with Gasteiger partial charge in [-0.1, -0.05) is 18.2 Å². The summed E-state index contributed by atoms with van der Waals surface area (Å²) in [7, 11) is 0. The normalized spacial score (nSPS) is 17.9. The second-order valence-corrected chi connectivity index (χ2v) is 7.58. The van der Waals surface area contributed by atoms with Gasteiger partial charge in [-0.2, -0.15) is 5.10 Å². The Hall–Kier alpha value is -2.93. The standard InChI is InChI=1S/C22H27N5O2/c28-21(9-8-19-16-23-27(17-19)20-6-2-1-3-7-20)26-14-12-24(13-15-26)18-22(29)25-10-4-5-11-25/h1-3,6-9,16-17H,4-5,10-15,18H2/b9-8+. The van der Waals surface area contributed by atoms with Gasteiger partial charge in [-0.25, -0.2) is 4.68 Å². The number of piperazine rings is 1. The molecule has 4 rings (SSSR count). The van der Waals surface area contributed by atoms with E-state index in [1.165, 1.54) is 0 Å². The number of benzene rings is 1. The summed E-state index contributed by atoms with van der Waals surface area (Å²) in [4.78, 5) is 30.7. The molecule has 7 heteroatoms. The van der Waals surface area contributed by atoms with Gasteiger partial charge < -0.3 is 9.80 Å². The molecule has 0 bridgehead atoms. The Morgan fingerprint density at radius 1 is 0.931 bits per heavy atom. The van der Waals surface area contributed by atoms with E-state index in [0.29, 0.717) is 19.6 Å². The van der Waals surface area contributed by atoms with Crippen molar-refractivity contribution in [2.45, 2.75) is 12.8 Å². The first kappa shape index (κ1) is 19.4. The van der Waals surface area contributed by atoms with Crippen LogP contribution in [-0.4, -0.2) is 82.1 Å². The largest absolute Gasteiger partial charge is 0.342 e. The molecule has 0 radical (unpaired) electrons. The van der Waals surface area contributed by atoms with Crippen LogP contribution in [0.3, 0.4) is 0 Å². The Labute approximate surface area is 171 Å². The predicted molar refractivity (Wildman–Crippen MR) is 111 cm³/mol. The second kappa shape index (κ2) is 9.05. The summed E-state index contributed by atoms with van der Waals surface area (Å²) in [5.41, 5.74) is 1.87. The Bertz CT molecular complexity index is 862. The van der Waals surface area contributed by atoms with E-state index >= 15 is 0 Å². The number of hydrogen-bond donors (Lipinski definition) is 0. The summed E-state index contributed by atoms with van der Waals surface area (Å²) in [5.74, 6) is 0.223. The average molecular weight is 393 g/mol. The molecular weight excluding hydrogens is 366 g/mol. The Balaban J connectivity index is 1.25. The molecule has 0 saturated carbocycles. The molecule has 0 spiro atoms. The summed E-state index contributed by atoms with van der Waals surface area (Å²) in [6, 6.07) is 9.87. The van der Waals surface area contributed by atoms with Crippen LogP contribution in [0.15, 0.2) is 48.8 Å². The minimum Gasteiger partial charge on any atom is -0.342 e. The van der Waals surface area contributed by atoms with Gasteiger partial charge in [-0.15, -0.1) is 0 Å². The van der Waals surface area contributed by atoms with Crippen molar-refractivity contribution in [2.75, 3.05) is 45.8 Å². The molecule has 1 aromatic carbocycles. The third kappa shape index (κ3) is 4.92. The SMILES string of the molecule is O=C(/C=C/c1cnn(-c2ccccc2)c1)N1CCN(CC(=O)N2CCCC2)CC1. The van der Waals surface area contributed by atoms with E-state index in [1.54, 1.807) is 23.0 Å². The molecule has 3 heterocycles. The number of para-hydroxylation sites is 1. The van der Waals surface area contributed by atoms with Crippen LogP contribution in [0.1, 0.15) is 18.4 Å². The van der Waals surface area contributed by atoms with Crippen LogP contribution in [0, 0.1) is 0 Å². The fraction of sp³-hybridized carbons (Fsp3) is 0.409. The third-order valence-corrected chi connectivity index (χ3v) is 5.54. The molecular formula is C22H27N5O2. The maximum absolute atomic E-state index is 12.5. The smallest absolute Gasteiger partial charge is 0.246 e. The Kier molecular flexibility index (Phi) is 6.05. The van der Waals surface area contributed by atoms with E-state index in [-0.39, 0.29) is 11.8 Å². The van der Waals surface area contributed by atoms with E-state index in [1.807, 2.05) is 46.3 Å². The van der Waals surface area contributed by atoms with Gasteiger partial charge in [0.25, 0.3) is 0 Å². The van der Waals surface area contributed by atoms with Crippen LogP contribution in [0.2, 0.25) is 0 Å². The minimum atomic E-state index is 0.00276. The van der Waals surface area contributed by atoms with Crippen molar-refractivity contribution in [1.29, 1.82) is 0 Å². The molecule has 0 N–H and O–H groups in total. The highest BCUT2D eigenvalue weighted by atomic mass is 16.2. The molecule has 0 aliphatic carbocycles. The number of rotatable bonds is 5. The fourth-order valence-corrected chi connectivity index (χ4v) is 3.80. The molecule has 2 amide bonds. The molecule has 2 aliphatic rings. The maximum atomic E-state index is 12.5. The van der Waals surface area contributed by atoms with Gasteiger partial charge in [-0.05, 0) is 31.1 Å². The minimum absolute atomic E-state index is 0.00276. The summed E-state index contributed by atoms with van der Waals surface area (Å²) >= 11 is 0. The lowest BCUT2D eigenvalue weighted by molar-refractivity contribution is -0.132. The molecule has 2 aliphatic heterocycles. The van der Waals surface area contributed by atoms with E-state index in [4.69, 9.17) is 0 Å². The number of carbonyl (C=O) groups excluding carboxylic acids is 2. The number of amides is 2. The first-order valence-electron chi connectivity index (χ1n) is 10.3. The average Bonchev–Trinajstić information content (AvgIpc) is 3.45. The topological polar surface area (TPSA) is 61.7 Å². The highest BCUT2D eigenvalue weighted by Gasteiger charge is 2.24. The van der Waals surface area contributed by atoms with Crippen LogP contribution in [0.4, 0.5) is 0 Å². The molecule has 0 atom stereocenters. The lowest BCUT2D eigenvalue weighted by Crippen LogP contribution is -2.51. The van der Waals surface area contributed by atoms with Crippen molar-refractivity contribution in [3.8, 4) is 5.69 Å². The number of likely N-dealkylation sites (tertiary alicyclic amines) is 1. The van der Waals surface area contributed by atoms with Gasteiger partial charge >= 0.3 is 0 Å². The van der Waals surface area contributed by atoms with Crippen LogP contribution >= 0.6 is 0 Å². The maximum Gasteiger partial charge on any atom is 0.246 e. The van der Waals surface area contributed by atoms with Crippen LogP contribution in [0.5, 0.6) is 0 Å². The van der Waals surface area contributed by atoms with Crippen molar-refractivity contribution in [3.05, 3.63) is 54.4 Å². The number of nitrogens with zero attached hydrogens (tertiary/aromatic N) is 5. The summed E-state index contributed by atoms with van der Waals surface area (Å²) in [5, 5.41) is 4.34. The number of hydrogen-bond acceptors (Lipinski definition) is 4. The molecule has 29 heavy (non-hydrogen) atoms. The van der Waals surface area contributed by atoms with Crippen LogP contribution in [0.25, 0.3) is 11.8 Å². The van der Waals surface area contributed by atoms with Gasteiger partial charge in [0.05, 0.1) is 18.4 Å². The van der Waals surface area contributed by atoms with Crippen LogP contribution in [-0.2, 0) is 9.59 Å². The van der Waals surface area contributed by atoms with E-state index < -0.39 is 0 Å². The molecule has 2 fully saturated rings. The van der Waals surface area contributed by atoms with E-state index in [2.05, 4.69) is 10.00 Å². The molecule has 2 aromatic rings. The highest BCUT2D eigenvalue weighted by molar-refractivity contribution is 5.91. The Morgan fingerprint density at radius 2 is 1.66 bits per heavy atom. The zero-order chi connectivity index (χ0) is 20.1. The molecule has 2 saturated heterocycles. The molecule has 1 aromatic heterocycles. The lowest BCUT2D eigenvalue weighted by atomic mass is 10.2. The molecule has 0 unspecified atom stereocenters. The first-order chi connectivity index (χ1) is 14.2. The quantitative estimate of drug-likeness (QED) is 0.725. The monoisotopic (exact) mass is 393 g/mol. The molecule has 152 valence electrons. The zero-order valence-electron chi connectivity index (χ0n) is 16.6. The van der Waals surface area contributed by atoms with E-state index in [0.717, 1.165) is 50.3 Å². The summed E-state index contributed by atoms with van der Waals surface area (Å²) in [6.07, 6.45) is 9.30. The van der Waals surface area contributed by atoms with Gasteiger partial charge in [-0.3, -0.25) is 14.5 Å². The summed E-state index contributed by atoms with van der Waals surface area (Å²) < 4.78 is 1.79. The third-order valence-electron chi connectivity index (χ3n) is 5.54.